The second-order valence-corrected chi connectivity index (χ2v) is 6.86. The SMILES string of the molecule is Cc1cc2[nH]c(=O)c(N)c(-c3ccc(F)c4[nH]ncc34)c2nc1C1CC1. The van der Waals surface area contributed by atoms with Crippen LogP contribution in [-0.2, 0) is 0 Å². The molecule has 0 radical (unpaired) electrons. The van der Waals surface area contributed by atoms with E-state index >= 15 is 0 Å². The third-order valence-electron chi connectivity index (χ3n) is 5.05. The van der Waals surface area contributed by atoms with Crippen LogP contribution < -0.4 is 11.3 Å². The van der Waals surface area contributed by atoms with Gasteiger partial charge in [0.1, 0.15) is 17.0 Å². The number of halogens is 1. The lowest BCUT2D eigenvalue weighted by molar-refractivity contribution is 0.636. The number of pyridine rings is 2. The van der Waals surface area contributed by atoms with Crippen molar-refractivity contribution in [1.29, 1.82) is 0 Å². The van der Waals surface area contributed by atoms with Crippen molar-refractivity contribution in [3.8, 4) is 11.1 Å². The number of aryl methyl sites for hydroxylation is 1. The molecule has 26 heavy (non-hydrogen) atoms. The molecule has 0 unspecified atom stereocenters. The van der Waals surface area contributed by atoms with E-state index in [2.05, 4.69) is 15.2 Å². The van der Waals surface area contributed by atoms with Gasteiger partial charge in [0.2, 0.25) is 0 Å². The Balaban J connectivity index is 1.93. The number of aromatic amines is 2. The molecule has 3 aromatic heterocycles. The third kappa shape index (κ3) is 2.06. The van der Waals surface area contributed by atoms with Gasteiger partial charge in [-0.2, -0.15) is 5.10 Å². The lowest BCUT2D eigenvalue weighted by Crippen LogP contribution is -2.14. The molecule has 3 heterocycles. The van der Waals surface area contributed by atoms with Crippen LogP contribution in [0.3, 0.4) is 0 Å². The smallest absolute Gasteiger partial charge is 0.272 e. The monoisotopic (exact) mass is 349 g/mol. The van der Waals surface area contributed by atoms with Gasteiger partial charge in [-0.1, -0.05) is 6.07 Å². The Hall–Kier alpha value is -3.22. The molecule has 1 aliphatic rings. The Morgan fingerprint density at radius 2 is 2.12 bits per heavy atom. The van der Waals surface area contributed by atoms with Gasteiger partial charge in [-0.15, -0.1) is 0 Å². The number of hydrogen-bond acceptors (Lipinski definition) is 4. The molecule has 0 aliphatic heterocycles. The fourth-order valence-corrected chi connectivity index (χ4v) is 3.61. The number of benzene rings is 1. The number of aromatic nitrogens is 4. The fraction of sp³-hybridized carbons (Fsp3) is 0.211. The predicted molar refractivity (Wildman–Crippen MR) is 98.5 cm³/mol. The summed E-state index contributed by atoms with van der Waals surface area (Å²) < 4.78 is 14.1. The van der Waals surface area contributed by atoms with Gasteiger partial charge in [-0.3, -0.25) is 9.89 Å². The zero-order valence-corrected chi connectivity index (χ0v) is 14.1. The number of nitrogens with two attached hydrogens (primary N) is 1. The number of fused-ring (bicyclic) bond motifs is 2. The summed E-state index contributed by atoms with van der Waals surface area (Å²) in [5.74, 6) is 0.0546. The highest BCUT2D eigenvalue weighted by Crippen LogP contribution is 2.42. The lowest BCUT2D eigenvalue weighted by Gasteiger charge is -2.13. The van der Waals surface area contributed by atoms with E-state index in [0.29, 0.717) is 33.5 Å². The summed E-state index contributed by atoms with van der Waals surface area (Å²) in [5, 5.41) is 7.16. The van der Waals surface area contributed by atoms with Crippen molar-refractivity contribution in [3.05, 3.63) is 51.8 Å². The quantitative estimate of drug-likeness (QED) is 0.516. The van der Waals surface area contributed by atoms with Crippen molar-refractivity contribution in [1.82, 2.24) is 20.2 Å². The first kappa shape index (κ1) is 15.1. The standard InChI is InChI=1S/C19H16FN5O/c1-8-6-13-18(24-16(8)9-2-3-9)14(15(21)19(26)23-13)10-4-5-12(20)17-11(10)7-22-25-17/h4-7,9H,2-3,21H2,1H3,(H,22,25)(H,23,26). The van der Waals surface area contributed by atoms with Gasteiger partial charge in [0.05, 0.1) is 17.2 Å². The maximum Gasteiger partial charge on any atom is 0.272 e. The zero-order valence-electron chi connectivity index (χ0n) is 14.1. The summed E-state index contributed by atoms with van der Waals surface area (Å²) in [4.78, 5) is 20.1. The molecule has 5 rings (SSSR count). The molecule has 1 aromatic carbocycles. The van der Waals surface area contributed by atoms with Crippen LogP contribution in [0.2, 0.25) is 0 Å². The minimum Gasteiger partial charge on any atom is -0.394 e. The summed E-state index contributed by atoms with van der Waals surface area (Å²) in [6.07, 6.45) is 3.78. The van der Waals surface area contributed by atoms with E-state index in [1.165, 1.54) is 12.3 Å². The van der Waals surface area contributed by atoms with Crippen LogP contribution in [0, 0.1) is 12.7 Å². The number of nitrogens with one attached hydrogen (secondary N) is 2. The lowest BCUT2D eigenvalue weighted by atomic mass is 9.98. The van der Waals surface area contributed by atoms with E-state index in [4.69, 9.17) is 10.7 Å². The first-order valence-electron chi connectivity index (χ1n) is 8.49. The van der Waals surface area contributed by atoms with Crippen LogP contribution in [-0.4, -0.2) is 20.2 Å². The minimum atomic E-state index is -0.406. The first-order valence-corrected chi connectivity index (χ1v) is 8.49. The van der Waals surface area contributed by atoms with Gasteiger partial charge in [0.15, 0.2) is 0 Å². The highest BCUT2D eigenvalue weighted by molar-refractivity contribution is 6.06. The Morgan fingerprint density at radius 1 is 1.31 bits per heavy atom. The molecule has 0 spiro atoms. The zero-order chi connectivity index (χ0) is 18.0. The van der Waals surface area contributed by atoms with Crippen molar-refractivity contribution in [2.75, 3.05) is 5.73 Å². The van der Waals surface area contributed by atoms with E-state index in [1.54, 1.807) is 6.07 Å². The first-order chi connectivity index (χ1) is 12.5. The average molecular weight is 349 g/mol. The molecule has 4 N–H and O–H groups in total. The van der Waals surface area contributed by atoms with Crippen LogP contribution in [0.4, 0.5) is 10.1 Å². The van der Waals surface area contributed by atoms with Crippen LogP contribution in [0.1, 0.15) is 30.0 Å². The fourth-order valence-electron chi connectivity index (χ4n) is 3.61. The molecular formula is C19H16FN5O. The number of hydrogen-bond donors (Lipinski definition) is 3. The number of rotatable bonds is 2. The summed E-state index contributed by atoms with van der Waals surface area (Å²) >= 11 is 0. The highest BCUT2D eigenvalue weighted by atomic mass is 19.1. The molecule has 4 aromatic rings. The molecular weight excluding hydrogens is 333 g/mol. The van der Waals surface area contributed by atoms with Gasteiger partial charge in [-0.05, 0) is 43.0 Å². The van der Waals surface area contributed by atoms with Crippen molar-refractivity contribution < 1.29 is 4.39 Å². The molecule has 7 heteroatoms. The summed E-state index contributed by atoms with van der Waals surface area (Å²) in [6, 6.07) is 4.91. The van der Waals surface area contributed by atoms with Crippen LogP contribution in [0.25, 0.3) is 33.1 Å². The van der Waals surface area contributed by atoms with Crippen molar-refractivity contribution in [2.24, 2.45) is 0 Å². The minimum absolute atomic E-state index is 0.0738. The van der Waals surface area contributed by atoms with Crippen LogP contribution in [0.5, 0.6) is 0 Å². The molecule has 6 nitrogen and oxygen atoms in total. The van der Waals surface area contributed by atoms with Crippen LogP contribution >= 0.6 is 0 Å². The van der Waals surface area contributed by atoms with E-state index < -0.39 is 5.82 Å². The van der Waals surface area contributed by atoms with Crippen LogP contribution in [0.15, 0.2) is 29.2 Å². The topological polar surface area (TPSA) is 100 Å². The highest BCUT2D eigenvalue weighted by Gasteiger charge is 2.28. The normalized spacial score (nSPS) is 14.4. The maximum atomic E-state index is 14.1. The van der Waals surface area contributed by atoms with E-state index in [1.807, 2.05) is 13.0 Å². The summed E-state index contributed by atoms with van der Waals surface area (Å²) in [7, 11) is 0. The van der Waals surface area contributed by atoms with Gasteiger partial charge in [0.25, 0.3) is 5.56 Å². The molecule has 0 bridgehead atoms. The van der Waals surface area contributed by atoms with Crippen molar-refractivity contribution in [3.63, 3.8) is 0 Å². The Bertz CT molecular complexity index is 1250. The second kappa shape index (κ2) is 5.14. The van der Waals surface area contributed by atoms with E-state index in [-0.39, 0.29) is 16.8 Å². The maximum absolute atomic E-state index is 14.1. The van der Waals surface area contributed by atoms with E-state index in [0.717, 1.165) is 24.1 Å². The van der Waals surface area contributed by atoms with E-state index in [9.17, 15) is 9.18 Å². The molecule has 1 fully saturated rings. The Labute approximate surface area is 147 Å². The van der Waals surface area contributed by atoms with Crippen molar-refractivity contribution >= 4 is 27.6 Å². The average Bonchev–Trinajstić information content (AvgIpc) is 3.33. The Morgan fingerprint density at radius 3 is 2.88 bits per heavy atom. The van der Waals surface area contributed by atoms with Gasteiger partial charge in [0, 0.05) is 22.6 Å². The van der Waals surface area contributed by atoms with Gasteiger partial charge in [-0.25, -0.2) is 9.37 Å². The molecule has 130 valence electrons. The second-order valence-electron chi connectivity index (χ2n) is 6.86. The van der Waals surface area contributed by atoms with Crippen molar-refractivity contribution in [2.45, 2.75) is 25.7 Å². The molecule has 0 atom stereocenters. The number of nitrogens with zero attached hydrogens (tertiary/aromatic N) is 2. The van der Waals surface area contributed by atoms with Gasteiger partial charge < -0.3 is 10.7 Å². The third-order valence-corrected chi connectivity index (χ3v) is 5.05. The molecule has 0 amide bonds. The van der Waals surface area contributed by atoms with Gasteiger partial charge >= 0.3 is 0 Å². The number of anilines is 1. The number of H-pyrrole nitrogens is 2. The Kier molecular flexibility index (Phi) is 2.98. The summed E-state index contributed by atoms with van der Waals surface area (Å²) in [5.41, 5.74) is 10.6. The molecule has 1 saturated carbocycles. The molecule has 0 saturated heterocycles. The molecule has 1 aliphatic carbocycles. The number of nitrogen functional groups attached to an aromatic ring is 1. The summed E-state index contributed by atoms with van der Waals surface area (Å²) in [6.45, 7) is 2.00. The largest absolute Gasteiger partial charge is 0.394 e. The predicted octanol–water partition coefficient (Wildman–Crippen LogP) is 3.37.